The molecule has 0 bridgehead atoms. The third-order valence-corrected chi connectivity index (χ3v) is 5.93. The van der Waals surface area contributed by atoms with Gasteiger partial charge in [0.2, 0.25) is 0 Å². The lowest BCUT2D eigenvalue weighted by Gasteiger charge is -2.23. The van der Waals surface area contributed by atoms with E-state index in [-0.39, 0.29) is 0 Å². The molecular formula is C16H21NS2. The Bertz CT molecular complexity index is 455. The molecular weight excluding hydrogens is 270 g/mol. The molecule has 19 heavy (non-hydrogen) atoms. The van der Waals surface area contributed by atoms with Crippen LogP contribution in [0.1, 0.15) is 41.5 Å². The molecule has 0 amide bonds. The van der Waals surface area contributed by atoms with Crippen LogP contribution in [0.3, 0.4) is 0 Å². The van der Waals surface area contributed by atoms with E-state index in [2.05, 4.69) is 40.3 Å². The van der Waals surface area contributed by atoms with E-state index in [1.807, 2.05) is 22.7 Å². The van der Waals surface area contributed by atoms with Crippen LogP contribution >= 0.6 is 22.7 Å². The third-order valence-electron chi connectivity index (χ3n) is 4.04. The maximum absolute atomic E-state index is 3.82. The van der Waals surface area contributed by atoms with Gasteiger partial charge in [-0.05, 0) is 48.1 Å². The Hall–Kier alpha value is -0.640. The second kappa shape index (κ2) is 6.69. The van der Waals surface area contributed by atoms with Crippen molar-refractivity contribution in [2.75, 3.05) is 6.54 Å². The summed E-state index contributed by atoms with van der Waals surface area (Å²) in [5.41, 5.74) is 0. The summed E-state index contributed by atoms with van der Waals surface area (Å²) in [4.78, 5) is 3.02. The van der Waals surface area contributed by atoms with E-state index < -0.39 is 0 Å². The summed E-state index contributed by atoms with van der Waals surface area (Å²) in [5, 5.41) is 8.20. The average molecular weight is 291 g/mol. The largest absolute Gasteiger partial charge is 0.309 e. The van der Waals surface area contributed by atoms with E-state index in [9.17, 15) is 0 Å². The maximum Gasteiger partial charge on any atom is 0.0443 e. The van der Waals surface area contributed by atoms with Crippen LogP contribution in [0.15, 0.2) is 35.0 Å². The summed E-state index contributed by atoms with van der Waals surface area (Å²) in [6.45, 7) is 1.10. The van der Waals surface area contributed by atoms with Crippen LogP contribution in [0, 0.1) is 5.92 Å². The molecule has 1 saturated carbocycles. The standard InChI is InChI=1S/C16H21NS2/c1-2-6-13(5-1)16(15-8-4-12-19-15)17-10-9-14-7-3-11-18-14/h3-4,7-8,11-13,16-17H,1-2,5-6,9-10H2. The van der Waals surface area contributed by atoms with Gasteiger partial charge in [-0.1, -0.05) is 25.0 Å². The smallest absolute Gasteiger partial charge is 0.0443 e. The highest BCUT2D eigenvalue weighted by Crippen LogP contribution is 2.37. The molecule has 1 aliphatic rings. The van der Waals surface area contributed by atoms with Crippen molar-refractivity contribution in [1.29, 1.82) is 0 Å². The van der Waals surface area contributed by atoms with Gasteiger partial charge in [0.05, 0.1) is 0 Å². The van der Waals surface area contributed by atoms with Crippen LogP contribution in [0.25, 0.3) is 0 Å². The first-order valence-corrected chi connectivity index (χ1v) is 8.98. The predicted octanol–water partition coefficient (Wildman–Crippen LogP) is 4.87. The molecule has 0 spiro atoms. The molecule has 3 rings (SSSR count). The van der Waals surface area contributed by atoms with Crippen molar-refractivity contribution in [2.24, 2.45) is 5.92 Å². The van der Waals surface area contributed by atoms with E-state index in [4.69, 9.17) is 0 Å². The first-order chi connectivity index (χ1) is 9.43. The van der Waals surface area contributed by atoms with Gasteiger partial charge in [0.25, 0.3) is 0 Å². The first-order valence-electron chi connectivity index (χ1n) is 7.22. The highest BCUT2D eigenvalue weighted by atomic mass is 32.1. The van der Waals surface area contributed by atoms with Crippen molar-refractivity contribution in [2.45, 2.75) is 38.1 Å². The van der Waals surface area contributed by atoms with E-state index >= 15 is 0 Å². The SMILES string of the molecule is c1csc(CCNC(c2cccs2)C2CCCC2)c1. The predicted molar refractivity (Wildman–Crippen MR) is 85.0 cm³/mol. The number of nitrogens with one attached hydrogen (secondary N) is 1. The van der Waals surface area contributed by atoms with E-state index in [1.54, 1.807) is 0 Å². The molecule has 1 atom stereocenters. The molecule has 2 heterocycles. The Morgan fingerprint density at radius 2 is 1.89 bits per heavy atom. The van der Waals surface area contributed by atoms with Crippen molar-refractivity contribution in [3.8, 4) is 0 Å². The van der Waals surface area contributed by atoms with Crippen molar-refractivity contribution in [1.82, 2.24) is 5.32 Å². The van der Waals surface area contributed by atoms with Gasteiger partial charge in [-0.25, -0.2) is 0 Å². The van der Waals surface area contributed by atoms with Gasteiger partial charge < -0.3 is 5.32 Å². The van der Waals surface area contributed by atoms with Crippen LogP contribution in [-0.4, -0.2) is 6.54 Å². The molecule has 2 aromatic heterocycles. The molecule has 3 heteroatoms. The quantitative estimate of drug-likeness (QED) is 0.800. The Kier molecular flexibility index (Phi) is 4.70. The van der Waals surface area contributed by atoms with Gasteiger partial charge in [-0.2, -0.15) is 0 Å². The monoisotopic (exact) mass is 291 g/mol. The fourth-order valence-corrected chi connectivity index (χ4v) is 4.67. The highest BCUT2D eigenvalue weighted by molar-refractivity contribution is 7.10. The van der Waals surface area contributed by atoms with Crippen LogP contribution < -0.4 is 5.32 Å². The number of thiophene rings is 2. The molecule has 102 valence electrons. The molecule has 0 saturated heterocycles. The Morgan fingerprint density at radius 1 is 1.11 bits per heavy atom. The number of rotatable bonds is 6. The summed E-state index contributed by atoms with van der Waals surface area (Å²) < 4.78 is 0. The molecule has 0 radical (unpaired) electrons. The number of hydrogen-bond donors (Lipinski definition) is 1. The first kappa shape index (κ1) is 13.3. The Balaban J connectivity index is 1.59. The van der Waals surface area contributed by atoms with Crippen molar-refractivity contribution in [3.05, 3.63) is 44.8 Å². The Morgan fingerprint density at radius 3 is 2.58 bits per heavy atom. The summed E-state index contributed by atoms with van der Waals surface area (Å²) in [5.74, 6) is 0.849. The van der Waals surface area contributed by atoms with Crippen LogP contribution in [0.5, 0.6) is 0 Å². The van der Waals surface area contributed by atoms with E-state index in [1.165, 1.54) is 35.4 Å². The van der Waals surface area contributed by atoms with E-state index in [0.29, 0.717) is 6.04 Å². The summed E-state index contributed by atoms with van der Waals surface area (Å²) in [7, 11) is 0. The van der Waals surface area contributed by atoms with Crippen molar-refractivity contribution >= 4 is 22.7 Å². The molecule has 1 fully saturated rings. The van der Waals surface area contributed by atoms with Crippen molar-refractivity contribution in [3.63, 3.8) is 0 Å². The van der Waals surface area contributed by atoms with Crippen molar-refractivity contribution < 1.29 is 0 Å². The minimum Gasteiger partial charge on any atom is -0.309 e. The summed E-state index contributed by atoms with van der Waals surface area (Å²) >= 11 is 3.77. The molecule has 0 aliphatic heterocycles. The zero-order valence-electron chi connectivity index (χ0n) is 11.2. The summed E-state index contributed by atoms with van der Waals surface area (Å²) in [6, 6.07) is 9.45. The lowest BCUT2D eigenvalue weighted by atomic mass is 9.96. The zero-order valence-corrected chi connectivity index (χ0v) is 12.8. The van der Waals surface area contributed by atoms with Crippen LogP contribution in [-0.2, 0) is 6.42 Å². The fourth-order valence-electron chi connectivity index (χ4n) is 3.06. The number of hydrogen-bond acceptors (Lipinski definition) is 3. The van der Waals surface area contributed by atoms with Gasteiger partial charge in [0.1, 0.15) is 0 Å². The second-order valence-electron chi connectivity index (χ2n) is 5.32. The lowest BCUT2D eigenvalue weighted by molar-refractivity contribution is 0.375. The van der Waals surface area contributed by atoms with Crippen LogP contribution in [0.4, 0.5) is 0 Å². The highest BCUT2D eigenvalue weighted by Gasteiger charge is 2.26. The second-order valence-corrected chi connectivity index (χ2v) is 7.33. The molecule has 1 nitrogen and oxygen atoms in total. The van der Waals surface area contributed by atoms with Crippen LogP contribution in [0.2, 0.25) is 0 Å². The molecule has 1 N–H and O–H groups in total. The van der Waals surface area contributed by atoms with Gasteiger partial charge in [-0.15, -0.1) is 22.7 Å². The van der Waals surface area contributed by atoms with E-state index in [0.717, 1.165) is 18.9 Å². The lowest BCUT2D eigenvalue weighted by Crippen LogP contribution is -2.28. The molecule has 2 aromatic rings. The Labute approximate surface area is 123 Å². The topological polar surface area (TPSA) is 12.0 Å². The molecule has 1 aliphatic carbocycles. The zero-order chi connectivity index (χ0) is 12.9. The third kappa shape index (κ3) is 3.47. The van der Waals surface area contributed by atoms with Gasteiger partial charge >= 0.3 is 0 Å². The van der Waals surface area contributed by atoms with Gasteiger partial charge in [-0.3, -0.25) is 0 Å². The minimum absolute atomic E-state index is 0.586. The van der Waals surface area contributed by atoms with Gasteiger partial charge in [0.15, 0.2) is 0 Å². The summed E-state index contributed by atoms with van der Waals surface area (Å²) in [6.07, 6.45) is 6.79. The fraction of sp³-hybridized carbons (Fsp3) is 0.500. The molecule has 1 unspecified atom stereocenters. The average Bonchev–Trinajstić information content (AvgIpc) is 3.15. The molecule has 0 aromatic carbocycles. The van der Waals surface area contributed by atoms with Gasteiger partial charge in [0, 0.05) is 22.3 Å². The normalized spacial score (nSPS) is 17.9. The maximum atomic E-state index is 3.82. The minimum atomic E-state index is 0.586.